The minimum atomic E-state index is -5.16. The largest absolute Gasteiger partial charge is 0.430 e. The summed E-state index contributed by atoms with van der Waals surface area (Å²) in [5.74, 6) is -0.929. The molecule has 2 aromatic rings. The summed E-state index contributed by atoms with van der Waals surface area (Å²) in [5.41, 5.74) is -3.83. The third-order valence-electron chi connectivity index (χ3n) is 7.30. The fourth-order valence-electron chi connectivity index (χ4n) is 4.74. The molecule has 0 spiro atoms. The first kappa shape index (κ1) is 29.7. The number of hydrogen-bond donors (Lipinski definition) is 1. The highest BCUT2D eigenvalue weighted by molar-refractivity contribution is 6.32. The van der Waals surface area contributed by atoms with Gasteiger partial charge in [0.15, 0.2) is 0 Å². The molecule has 1 saturated heterocycles. The number of amides is 2. The van der Waals surface area contributed by atoms with E-state index < -0.39 is 23.2 Å². The van der Waals surface area contributed by atoms with Gasteiger partial charge in [0.05, 0.1) is 5.56 Å². The molecule has 208 valence electrons. The van der Waals surface area contributed by atoms with E-state index in [-0.39, 0.29) is 23.0 Å². The van der Waals surface area contributed by atoms with Crippen LogP contribution >= 0.6 is 11.6 Å². The quantitative estimate of drug-likeness (QED) is 0.477. The predicted molar refractivity (Wildman–Crippen MR) is 140 cm³/mol. The fraction of sp³-hybridized carbons (Fsp3) is 0.519. The molecular formula is C27H34ClF3N4O3. The number of anilines is 1. The molecule has 2 heterocycles. The van der Waals surface area contributed by atoms with Gasteiger partial charge in [-0.15, -0.1) is 0 Å². The van der Waals surface area contributed by atoms with Gasteiger partial charge in [-0.25, -0.2) is 4.98 Å². The zero-order valence-electron chi connectivity index (χ0n) is 22.1. The zero-order valence-corrected chi connectivity index (χ0v) is 22.8. The van der Waals surface area contributed by atoms with E-state index in [1.807, 2.05) is 0 Å². The highest BCUT2D eigenvalue weighted by Crippen LogP contribution is 2.41. The third-order valence-corrected chi connectivity index (χ3v) is 7.59. The number of carbonyl (C=O) groups is 2. The Hall–Kier alpha value is -2.85. The fourth-order valence-corrected chi connectivity index (χ4v) is 4.97. The van der Waals surface area contributed by atoms with E-state index in [1.54, 1.807) is 26.2 Å². The Morgan fingerprint density at radius 1 is 1.08 bits per heavy atom. The lowest BCUT2D eigenvalue weighted by atomic mass is 9.76. The Balaban J connectivity index is 1.57. The number of alkyl halides is 3. The molecule has 0 unspecified atom stereocenters. The number of piperidine rings is 1. The highest BCUT2D eigenvalue weighted by atomic mass is 35.5. The summed E-state index contributed by atoms with van der Waals surface area (Å²) in [6, 6.07) is 9.88. The average Bonchev–Trinajstić information content (AvgIpc) is 2.87. The summed E-state index contributed by atoms with van der Waals surface area (Å²) in [6.45, 7) is 3.62. The van der Waals surface area contributed by atoms with Crippen molar-refractivity contribution >= 4 is 29.2 Å². The maximum atomic E-state index is 13.8. The predicted octanol–water partition coefficient (Wildman–Crippen LogP) is 4.73. The van der Waals surface area contributed by atoms with E-state index in [0.29, 0.717) is 37.3 Å². The van der Waals surface area contributed by atoms with Crippen molar-refractivity contribution in [1.29, 1.82) is 0 Å². The minimum Gasteiger partial charge on any atom is -0.369 e. The monoisotopic (exact) mass is 554 g/mol. The van der Waals surface area contributed by atoms with Crippen molar-refractivity contribution in [2.75, 3.05) is 45.7 Å². The van der Waals surface area contributed by atoms with Crippen LogP contribution in [0.25, 0.3) is 0 Å². The number of benzene rings is 1. The van der Waals surface area contributed by atoms with Crippen molar-refractivity contribution in [1.82, 2.24) is 14.8 Å². The number of rotatable bonds is 8. The van der Waals surface area contributed by atoms with E-state index in [1.165, 1.54) is 30.1 Å². The number of nitrogens with zero attached hydrogens (tertiary/aromatic N) is 4. The van der Waals surface area contributed by atoms with Gasteiger partial charge in [-0.2, -0.15) is 13.2 Å². The molecule has 0 bridgehead atoms. The molecule has 1 N–H and O–H groups in total. The first-order valence-electron chi connectivity index (χ1n) is 12.4. The third kappa shape index (κ3) is 6.23. The maximum Gasteiger partial charge on any atom is 0.430 e. The molecule has 7 nitrogen and oxygen atoms in total. The van der Waals surface area contributed by atoms with Crippen molar-refractivity contribution in [2.45, 2.75) is 44.4 Å². The number of likely N-dealkylation sites (N-methyl/N-ethyl adjacent to an activating group) is 1. The first-order valence-corrected chi connectivity index (χ1v) is 12.8. The van der Waals surface area contributed by atoms with Crippen LogP contribution < -0.4 is 4.90 Å². The molecular weight excluding hydrogens is 521 g/mol. The number of carbonyl (C=O) groups excluding carboxylic acids is 2. The van der Waals surface area contributed by atoms with Gasteiger partial charge in [-0.05, 0) is 43.2 Å². The first-order chi connectivity index (χ1) is 17.7. The van der Waals surface area contributed by atoms with Crippen molar-refractivity contribution in [3.05, 3.63) is 58.7 Å². The average molecular weight is 555 g/mol. The van der Waals surface area contributed by atoms with Crippen LogP contribution in [0.1, 0.15) is 48.5 Å². The second-order valence-electron chi connectivity index (χ2n) is 10.4. The Bertz CT molecular complexity index is 1140. The molecule has 1 aliphatic rings. The zero-order chi connectivity index (χ0) is 28.3. The number of aromatic nitrogens is 1. The Labute approximate surface area is 226 Å². The van der Waals surface area contributed by atoms with E-state index in [9.17, 15) is 27.9 Å². The SMILES string of the molecule is CN(C)C(=O)c1ccc(N2CCC(C)(CCCN(C)C(=O)[C@](O)(c3ccccc3)C(F)(F)F)CC2)nc1Cl. The van der Waals surface area contributed by atoms with Crippen LogP contribution in [0.5, 0.6) is 0 Å². The van der Waals surface area contributed by atoms with Gasteiger partial charge >= 0.3 is 6.18 Å². The van der Waals surface area contributed by atoms with Gasteiger partial charge in [0.1, 0.15) is 11.0 Å². The molecule has 1 aromatic carbocycles. The molecule has 1 atom stereocenters. The Kier molecular flexibility index (Phi) is 8.98. The summed E-state index contributed by atoms with van der Waals surface area (Å²) in [7, 11) is 4.57. The number of aliphatic hydroxyl groups is 1. The maximum absolute atomic E-state index is 13.8. The molecule has 2 amide bonds. The number of pyridine rings is 1. The second-order valence-corrected chi connectivity index (χ2v) is 10.8. The van der Waals surface area contributed by atoms with E-state index in [4.69, 9.17) is 11.6 Å². The van der Waals surface area contributed by atoms with Gasteiger partial charge in [-0.3, -0.25) is 9.59 Å². The van der Waals surface area contributed by atoms with E-state index >= 15 is 0 Å². The van der Waals surface area contributed by atoms with Crippen LogP contribution in [-0.4, -0.2) is 78.7 Å². The summed E-state index contributed by atoms with van der Waals surface area (Å²) in [6.07, 6.45) is -2.32. The van der Waals surface area contributed by atoms with Crippen molar-refractivity contribution in [3.63, 3.8) is 0 Å². The Morgan fingerprint density at radius 2 is 1.68 bits per heavy atom. The smallest absolute Gasteiger partial charge is 0.369 e. The van der Waals surface area contributed by atoms with E-state index in [2.05, 4.69) is 16.8 Å². The standard InChI is InChI=1S/C27H34ClF3N4O3/c1-25(14-17-35(18-15-25)21-12-11-20(22(28)32-21)23(36)33(2)3)13-8-16-34(4)24(37)26(38,27(29,30)31)19-9-6-5-7-10-19/h5-7,9-12,38H,8,13-18H2,1-4H3/t26-/m1/s1. The summed E-state index contributed by atoms with van der Waals surface area (Å²) >= 11 is 6.26. The van der Waals surface area contributed by atoms with Crippen LogP contribution in [0.4, 0.5) is 19.0 Å². The normalized spacial score (nSPS) is 17.0. The van der Waals surface area contributed by atoms with Crippen molar-refractivity contribution in [3.8, 4) is 0 Å². The number of hydrogen-bond acceptors (Lipinski definition) is 5. The van der Waals surface area contributed by atoms with Crippen LogP contribution in [-0.2, 0) is 10.4 Å². The summed E-state index contributed by atoms with van der Waals surface area (Å²) in [5, 5.41) is 10.7. The molecule has 11 heteroatoms. The molecule has 0 aliphatic carbocycles. The van der Waals surface area contributed by atoms with Crippen LogP contribution in [0.3, 0.4) is 0 Å². The molecule has 0 saturated carbocycles. The lowest BCUT2D eigenvalue weighted by Crippen LogP contribution is -2.55. The van der Waals surface area contributed by atoms with Gasteiger partial charge in [0, 0.05) is 46.3 Å². The summed E-state index contributed by atoms with van der Waals surface area (Å²) < 4.78 is 41.5. The topological polar surface area (TPSA) is 77.0 Å². The lowest BCUT2D eigenvalue weighted by Gasteiger charge is -2.40. The second kappa shape index (κ2) is 11.5. The molecule has 1 aromatic heterocycles. The molecule has 3 rings (SSSR count). The minimum absolute atomic E-state index is 0.0647. The van der Waals surface area contributed by atoms with Crippen molar-refractivity contribution < 1.29 is 27.9 Å². The van der Waals surface area contributed by atoms with E-state index in [0.717, 1.165) is 29.9 Å². The van der Waals surface area contributed by atoms with Gasteiger partial charge in [-0.1, -0.05) is 48.9 Å². The van der Waals surface area contributed by atoms with Crippen LogP contribution in [0.15, 0.2) is 42.5 Å². The van der Waals surface area contributed by atoms with Crippen molar-refractivity contribution in [2.24, 2.45) is 5.41 Å². The molecule has 1 fully saturated rings. The van der Waals surface area contributed by atoms with Gasteiger partial charge in [0.25, 0.3) is 17.4 Å². The highest BCUT2D eigenvalue weighted by Gasteiger charge is 2.61. The van der Waals surface area contributed by atoms with Crippen LogP contribution in [0.2, 0.25) is 5.15 Å². The lowest BCUT2D eigenvalue weighted by molar-refractivity contribution is -0.261. The van der Waals surface area contributed by atoms with Gasteiger partial charge in [0.2, 0.25) is 0 Å². The molecule has 0 radical (unpaired) electrons. The molecule has 38 heavy (non-hydrogen) atoms. The number of halogens is 4. The Morgan fingerprint density at radius 3 is 2.21 bits per heavy atom. The molecule has 1 aliphatic heterocycles. The summed E-state index contributed by atoms with van der Waals surface area (Å²) in [4.78, 5) is 33.9. The van der Waals surface area contributed by atoms with Gasteiger partial charge < -0.3 is 19.8 Å². The van der Waals surface area contributed by atoms with Crippen LogP contribution in [0, 0.1) is 5.41 Å².